The van der Waals surface area contributed by atoms with Crippen LogP contribution >= 0.6 is 0 Å². The van der Waals surface area contributed by atoms with E-state index in [1.807, 2.05) is 13.0 Å². The molecule has 86 valence electrons. The van der Waals surface area contributed by atoms with Gasteiger partial charge in [0.15, 0.2) is 0 Å². The zero-order valence-corrected chi connectivity index (χ0v) is 9.92. The molecule has 0 amide bonds. The highest BCUT2D eigenvalue weighted by atomic mass is 16.5. The van der Waals surface area contributed by atoms with E-state index < -0.39 is 0 Å². The fourth-order valence-corrected chi connectivity index (χ4v) is 2.37. The van der Waals surface area contributed by atoms with E-state index in [0.717, 1.165) is 38.0 Å². The molecule has 0 saturated heterocycles. The smallest absolute Gasteiger partial charge is 0.312 e. The van der Waals surface area contributed by atoms with E-state index in [-0.39, 0.29) is 11.4 Å². The Bertz CT molecular complexity index is 225. The molecule has 0 heterocycles. The molecule has 0 atom stereocenters. The number of rotatable bonds is 4. The number of hydrogen-bond acceptors (Lipinski definition) is 2. The number of ether oxygens (including phenoxy) is 1. The second-order valence-corrected chi connectivity index (χ2v) is 4.68. The lowest BCUT2D eigenvalue weighted by Crippen LogP contribution is -2.36. The standard InChI is InChI=1S/C13H22O2/c1-4-8-13(12(14)15-5-2)9-6-11(3)7-10-13/h4,11H,1,5-10H2,2-3H3. The summed E-state index contributed by atoms with van der Waals surface area (Å²) in [5.41, 5.74) is -0.260. The second-order valence-electron chi connectivity index (χ2n) is 4.68. The van der Waals surface area contributed by atoms with Gasteiger partial charge in [-0.3, -0.25) is 4.79 Å². The van der Waals surface area contributed by atoms with Gasteiger partial charge in [-0.15, -0.1) is 6.58 Å². The van der Waals surface area contributed by atoms with Crippen LogP contribution in [0.5, 0.6) is 0 Å². The van der Waals surface area contributed by atoms with E-state index in [4.69, 9.17) is 4.74 Å². The van der Waals surface area contributed by atoms with Crippen LogP contribution in [0.15, 0.2) is 12.7 Å². The van der Waals surface area contributed by atoms with E-state index in [2.05, 4.69) is 13.5 Å². The molecule has 0 aromatic carbocycles. The predicted octanol–water partition coefficient (Wildman–Crippen LogP) is 3.32. The Kier molecular flexibility index (Phi) is 4.37. The quantitative estimate of drug-likeness (QED) is 0.525. The molecule has 0 aromatic heterocycles. The predicted molar refractivity (Wildman–Crippen MR) is 61.5 cm³/mol. The molecule has 1 rings (SSSR count). The zero-order chi connectivity index (χ0) is 11.3. The maximum atomic E-state index is 11.9. The first kappa shape index (κ1) is 12.3. The molecule has 0 N–H and O–H groups in total. The molecule has 0 spiro atoms. The van der Waals surface area contributed by atoms with Gasteiger partial charge >= 0.3 is 5.97 Å². The van der Waals surface area contributed by atoms with Crippen LogP contribution in [0.25, 0.3) is 0 Å². The molecular formula is C13H22O2. The summed E-state index contributed by atoms with van der Waals surface area (Å²) in [5.74, 6) is 0.731. The Morgan fingerprint density at radius 2 is 2.13 bits per heavy atom. The summed E-state index contributed by atoms with van der Waals surface area (Å²) in [7, 11) is 0. The molecule has 15 heavy (non-hydrogen) atoms. The summed E-state index contributed by atoms with van der Waals surface area (Å²) in [6, 6.07) is 0. The van der Waals surface area contributed by atoms with Gasteiger partial charge in [0, 0.05) is 0 Å². The third-order valence-electron chi connectivity index (χ3n) is 3.47. The van der Waals surface area contributed by atoms with Crippen LogP contribution < -0.4 is 0 Å². The van der Waals surface area contributed by atoms with Gasteiger partial charge in [0.1, 0.15) is 0 Å². The molecule has 1 aliphatic carbocycles. The van der Waals surface area contributed by atoms with E-state index in [9.17, 15) is 4.79 Å². The van der Waals surface area contributed by atoms with Crippen molar-refractivity contribution in [2.24, 2.45) is 11.3 Å². The van der Waals surface area contributed by atoms with Crippen LogP contribution in [0, 0.1) is 11.3 Å². The summed E-state index contributed by atoms with van der Waals surface area (Å²) < 4.78 is 5.19. The minimum Gasteiger partial charge on any atom is -0.466 e. The van der Waals surface area contributed by atoms with Crippen molar-refractivity contribution in [3.8, 4) is 0 Å². The first-order valence-electron chi connectivity index (χ1n) is 5.93. The maximum Gasteiger partial charge on any atom is 0.312 e. The lowest BCUT2D eigenvalue weighted by molar-refractivity contribution is -0.158. The van der Waals surface area contributed by atoms with Crippen LogP contribution in [0.4, 0.5) is 0 Å². The summed E-state index contributed by atoms with van der Waals surface area (Å²) in [6.07, 6.45) is 6.79. The monoisotopic (exact) mass is 210 g/mol. The Hall–Kier alpha value is -0.790. The van der Waals surface area contributed by atoms with Crippen molar-refractivity contribution in [3.63, 3.8) is 0 Å². The van der Waals surface area contributed by atoms with Crippen LogP contribution in [0.2, 0.25) is 0 Å². The number of carbonyl (C=O) groups is 1. The van der Waals surface area contributed by atoms with E-state index in [0.29, 0.717) is 6.61 Å². The van der Waals surface area contributed by atoms with Gasteiger partial charge in [-0.2, -0.15) is 0 Å². The van der Waals surface area contributed by atoms with Gasteiger partial charge < -0.3 is 4.74 Å². The van der Waals surface area contributed by atoms with E-state index in [1.165, 1.54) is 0 Å². The van der Waals surface area contributed by atoms with Crippen molar-refractivity contribution < 1.29 is 9.53 Å². The highest BCUT2D eigenvalue weighted by molar-refractivity contribution is 5.77. The van der Waals surface area contributed by atoms with Gasteiger partial charge in [-0.1, -0.05) is 13.0 Å². The van der Waals surface area contributed by atoms with E-state index in [1.54, 1.807) is 0 Å². The molecule has 2 nitrogen and oxygen atoms in total. The summed E-state index contributed by atoms with van der Waals surface area (Å²) in [6.45, 7) is 8.35. The van der Waals surface area contributed by atoms with Crippen LogP contribution in [-0.2, 0) is 9.53 Å². The average Bonchev–Trinajstić information content (AvgIpc) is 2.22. The van der Waals surface area contributed by atoms with E-state index >= 15 is 0 Å². The Morgan fingerprint density at radius 1 is 1.53 bits per heavy atom. The van der Waals surface area contributed by atoms with Crippen molar-refractivity contribution in [2.45, 2.75) is 46.0 Å². The fourth-order valence-electron chi connectivity index (χ4n) is 2.37. The fraction of sp³-hybridized carbons (Fsp3) is 0.769. The van der Waals surface area contributed by atoms with Crippen molar-refractivity contribution in [3.05, 3.63) is 12.7 Å². The van der Waals surface area contributed by atoms with Gasteiger partial charge in [-0.25, -0.2) is 0 Å². The van der Waals surface area contributed by atoms with Crippen molar-refractivity contribution in [1.82, 2.24) is 0 Å². The first-order chi connectivity index (χ1) is 7.14. The third kappa shape index (κ3) is 2.83. The van der Waals surface area contributed by atoms with Crippen molar-refractivity contribution >= 4 is 5.97 Å². The zero-order valence-electron chi connectivity index (χ0n) is 9.92. The summed E-state index contributed by atoms with van der Waals surface area (Å²) >= 11 is 0. The van der Waals surface area contributed by atoms with Crippen molar-refractivity contribution in [1.29, 1.82) is 0 Å². The third-order valence-corrected chi connectivity index (χ3v) is 3.47. The number of allylic oxidation sites excluding steroid dienone is 1. The number of carbonyl (C=O) groups excluding carboxylic acids is 1. The molecule has 0 aliphatic heterocycles. The molecule has 1 fully saturated rings. The first-order valence-corrected chi connectivity index (χ1v) is 5.93. The Labute approximate surface area is 92.7 Å². The highest BCUT2D eigenvalue weighted by Gasteiger charge is 2.41. The molecule has 0 bridgehead atoms. The molecule has 0 radical (unpaired) electrons. The molecule has 2 heteroatoms. The average molecular weight is 210 g/mol. The van der Waals surface area contributed by atoms with Gasteiger partial charge in [0.05, 0.1) is 12.0 Å². The number of hydrogen-bond donors (Lipinski definition) is 0. The van der Waals surface area contributed by atoms with Gasteiger partial charge in [-0.05, 0) is 44.9 Å². The normalized spacial score (nSPS) is 30.9. The Balaban J connectivity index is 2.69. The Morgan fingerprint density at radius 3 is 2.60 bits per heavy atom. The second kappa shape index (κ2) is 5.34. The van der Waals surface area contributed by atoms with Crippen LogP contribution in [-0.4, -0.2) is 12.6 Å². The highest BCUT2D eigenvalue weighted by Crippen LogP contribution is 2.42. The SMILES string of the molecule is C=CCC1(C(=O)OCC)CCC(C)CC1. The topological polar surface area (TPSA) is 26.3 Å². The van der Waals surface area contributed by atoms with Gasteiger partial charge in [0.2, 0.25) is 0 Å². The molecule has 0 aromatic rings. The molecule has 0 unspecified atom stereocenters. The lowest BCUT2D eigenvalue weighted by atomic mass is 9.69. The lowest BCUT2D eigenvalue weighted by Gasteiger charge is -2.36. The van der Waals surface area contributed by atoms with Crippen molar-refractivity contribution in [2.75, 3.05) is 6.61 Å². The molecular weight excluding hydrogens is 188 g/mol. The molecule has 1 saturated carbocycles. The minimum absolute atomic E-state index is 0.0169. The number of esters is 1. The van der Waals surface area contributed by atoms with Crippen LogP contribution in [0.3, 0.4) is 0 Å². The minimum atomic E-state index is -0.260. The van der Waals surface area contributed by atoms with Crippen LogP contribution in [0.1, 0.15) is 46.0 Å². The molecule has 1 aliphatic rings. The van der Waals surface area contributed by atoms with Gasteiger partial charge in [0.25, 0.3) is 0 Å². The summed E-state index contributed by atoms with van der Waals surface area (Å²) in [5, 5.41) is 0. The largest absolute Gasteiger partial charge is 0.466 e. The summed E-state index contributed by atoms with van der Waals surface area (Å²) in [4.78, 5) is 11.9. The maximum absolute atomic E-state index is 11.9.